The van der Waals surface area contributed by atoms with E-state index < -0.39 is 0 Å². The molecule has 1 amide bonds. The molecule has 0 spiro atoms. The quantitative estimate of drug-likeness (QED) is 0.906. The number of anilines is 1. The van der Waals surface area contributed by atoms with Gasteiger partial charge in [-0.1, -0.05) is 31.4 Å². The van der Waals surface area contributed by atoms with Gasteiger partial charge in [0.05, 0.1) is 5.51 Å². The first-order chi connectivity index (χ1) is 11.2. The highest BCUT2D eigenvalue weighted by atomic mass is 32.1. The number of aromatic nitrogens is 1. The summed E-state index contributed by atoms with van der Waals surface area (Å²) in [5.41, 5.74) is 4.52. The van der Waals surface area contributed by atoms with Crippen LogP contribution in [-0.2, 0) is 6.54 Å². The molecule has 1 fully saturated rings. The van der Waals surface area contributed by atoms with Crippen LogP contribution in [0.5, 0.6) is 0 Å². The molecule has 1 saturated carbocycles. The fourth-order valence-corrected chi connectivity index (χ4v) is 3.66. The number of nitrogens with zero attached hydrogens (tertiary/aromatic N) is 2. The molecule has 1 aliphatic rings. The molecule has 5 heteroatoms. The lowest BCUT2D eigenvalue weighted by Crippen LogP contribution is -2.33. The van der Waals surface area contributed by atoms with Crippen molar-refractivity contribution in [2.24, 2.45) is 0 Å². The molecule has 122 valence electrons. The van der Waals surface area contributed by atoms with Crippen LogP contribution < -0.4 is 10.2 Å². The van der Waals surface area contributed by atoms with Gasteiger partial charge in [-0.05, 0) is 30.5 Å². The van der Waals surface area contributed by atoms with Gasteiger partial charge in [-0.25, -0.2) is 4.98 Å². The minimum atomic E-state index is -0.116. The van der Waals surface area contributed by atoms with Crippen LogP contribution >= 0.6 is 11.3 Å². The molecular formula is C18H23N3OS. The largest absolute Gasteiger partial charge is 0.372 e. The maximum Gasteiger partial charge on any atom is 0.271 e. The minimum absolute atomic E-state index is 0.116. The minimum Gasteiger partial charge on any atom is -0.372 e. The molecule has 1 aromatic heterocycles. The van der Waals surface area contributed by atoms with E-state index in [1.165, 1.54) is 49.1 Å². The van der Waals surface area contributed by atoms with Gasteiger partial charge in [-0.15, -0.1) is 11.3 Å². The van der Waals surface area contributed by atoms with Gasteiger partial charge in [0.1, 0.15) is 5.69 Å². The van der Waals surface area contributed by atoms with Crippen LogP contribution in [0, 0.1) is 0 Å². The number of carbonyl (C=O) groups is 1. The molecule has 23 heavy (non-hydrogen) atoms. The fourth-order valence-electron chi connectivity index (χ4n) is 3.13. The van der Waals surface area contributed by atoms with Crippen molar-refractivity contribution in [3.63, 3.8) is 0 Å². The van der Waals surface area contributed by atoms with Crippen molar-refractivity contribution >= 4 is 22.9 Å². The maximum absolute atomic E-state index is 11.9. The van der Waals surface area contributed by atoms with Crippen LogP contribution in [0.15, 0.2) is 35.2 Å². The van der Waals surface area contributed by atoms with Gasteiger partial charge in [0.15, 0.2) is 0 Å². The first-order valence-corrected chi connectivity index (χ1v) is 9.16. The number of benzene rings is 1. The second-order valence-electron chi connectivity index (χ2n) is 6.13. The van der Waals surface area contributed by atoms with E-state index in [4.69, 9.17) is 0 Å². The van der Waals surface area contributed by atoms with Crippen molar-refractivity contribution in [1.82, 2.24) is 10.3 Å². The van der Waals surface area contributed by atoms with E-state index >= 15 is 0 Å². The molecule has 1 aromatic carbocycles. The zero-order valence-corrected chi connectivity index (χ0v) is 14.3. The van der Waals surface area contributed by atoms with Gasteiger partial charge in [-0.2, -0.15) is 0 Å². The van der Waals surface area contributed by atoms with Gasteiger partial charge < -0.3 is 10.2 Å². The zero-order valence-electron chi connectivity index (χ0n) is 13.5. The highest BCUT2D eigenvalue weighted by molar-refractivity contribution is 7.07. The molecule has 0 bridgehead atoms. The lowest BCUT2D eigenvalue weighted by atomic mass is 9.94. The number of hydrogen-bond acceptors (Lipinski definition) is 4. The summed E-state index contributed by atoms with van der Waals surface area (Å²) in [5, 5.41) is 4.67. The second-order valence-corrected chi connectivity index (χ2v) is 6.84. The molecule has 1 aliphatic carbocycles. The van der Waals surface area contributed by atoms with Gasteiger partial charge in [0, 0.05) is 30.7 Å². The third-order valence-electron chi connectivity index (χ3n) is 4.58. The van der Waals surface area contributed by atoms with E-state index in [0.29, 0.717) is 18.3 Å². The van der Waals surface area contributed by atoms with E-state index in [0.717, 1.165) is 5.56 Å². The Balaban J connectivity index is 1.55. The Kier molecular flexibility index (Phi) is 5.28. The predicted molar refractivity (Wildman–Crippen MR) is 95.0 cm³/mol. The van der Waals surface area contributed by atoms with Crippen molar-refractivity contribution in [3.05, 3.63) is 46.4 Å². The molecule has 1 heterocycles. The first-order valence-electron chi connectivity index (χ1n) is 8.22. The summed E-state index contributed by atoms with van der Waals surface area (Å²) in [7, 11) is 2.19. The average molecular weight is 329 g/mol. The predicted octanol–water partition coefficient (Wildman–Crippen LogP) is 3.84. The fraction of sp³-hybridized carbons (Fsp3) is 0.444. The lowest BCUT2D eigenvalue weighted by Gasteiger charge is -2.33. The Bertz CT molecular complexity index is 618. The Morgan fingerprint density at radius 3 is 2.65 bits per heavy atom. The topological polar surface area (TPSA) is 45.2 Å². The van der Waals surface area contributed by atoms with Crippen molar-refractivity contribution < 1.29 is 4.79 Å². The lowest BCUT2D eigenvalue weighted by molar-refractivity contribution is 0.0946. The van der Waals surface area contributed by atoms with E-state index in [9.17, 15) is 4.79 Å². The summed E-state index contributed by atoms with van der Waals surface area (Å²) in [6.45, 7) is 0.532. The highest BCUT2D eigenvalue weighted by Crippen LogP contribution is 2.26. The van der Waals surface area contributed by atoms with Crippen LogP contribution in [0.3, 0.4) is 0 Å². The number of carbonyl (C=O) groups excluding carboxylic acids is 1. The molecule has 3 rings (SSSR count). The van der Waals surface area contributed by atoms with Crippen molar-refractivity contribution in [1.29, 1.82) is 0 Å². The van der Waals surface area contributed by atoms with Crippen molar-refractivity contribution in [3.8, 4) is 0 Å². The highest BCUT2D eigenvalue weighted by Gasteiger charge is 2.18. The standard InChI is InChI=1S/C18H23N3OS/c1-21(15-5-3-2-4-6-15)16-9-7-14(8-10-16)11-19-18(22)17-12-23-13-20-17/h7-10,12-13,15H,2-6,11H2,1H3,(H,19,22). The average Bonchev–Trinajstić information content (AvgIpc) is 3.15. The monoisotopic (exact) mass is 329 g/mol. The van der Waals surface area contributed by atoms with Crippen LogP contribution in [0.2, 0.25) is 0 Å². The summed E-state index contributed by atoms with van der Waals surface area (Å²) >= 11 is 1.43. The maximum atomic E-state index is 11.9. The molecule has 0 saturated heterocycles. The molecule has 0 aliphatic heterocycles. The van der Waals surface area contributed by atoms with Gasteiger partial charge in [0.25, 0.3) is 5.91 Å². The van der Waals surface area contributed by atoms with Crippen LogP contribution in [0.25, 0.3) is 0 Å². The Hall–Kier alpha value is -1.88. The van der Waals surface area contributed by atoms with Crippen molar-refractivity contribution in [2.75, 3.05) is 11.9 Å². The van der Waals surface area contributed by atoms with Gasteiger partial charge in [0.2, 0.25) is 0 Å². The van der Waals surface area contributed by atoms with E-state index in [2.05, 4.69) is 46.5 Å². The Morgan fingerprint density at radius 1 is 1.26 bits per heavy atom. The molecule has 0 radical (unpaired) electrons. The summed E-state index contributed by atoms with van der Waals surface area (Å²) in [6, 6.07) is 9.16. The molecule has 1 N–H and O–H groups in total. The Labute approximate surface area is 141 Å². The number of rotatable bonds is 5. The third-order valence-corrected chi connectivity index (χ3v) is 5.17. The summed E-state index contributed by atoms with van der Waals surface area (Å²) in [4.78, 5) is 18.3. The number of thiazole rings is 1. The second kappa shape index (κ2) is 7.59. The van der Waals surface area contributed by atoms with E-state index in [-0.39, 0.29) is 5.91 Å². The normalized spacial score (nSPS) is 15.3. The molecule has 2 aromatic rings. The van der Waals surface area contributed by atoms with E-state index in [1.54, 1.807) is 10.9 Å². The number of nitrogens with one attached hydrogen (secondary N) is 1. The summed E-state index contributed by atoms with van der Waals surface area (Å²) in [5.74, 6) is -0.116. The first kappa shape index (κ1) is 16.0. The molecule has 0 atom stereocenters. The summed E-state index contributed by atoms with van der Waals surface area (Å²) < 4.78 is 0. The third kappa shape index (κ3) is 4.10. The van der Waals surface area contributed by atoms with Crippen LogP contribution in [0.4, 0.5) is 5.69 Å². The molecule has 0 unspecified atom stereocenters. The van der Waals surface area contributed by atoms with Crippen LogP contribution in [-0.4, -0.2) is 24.0 Å². The number of hydrogen-bond donors (Lipinski definition) is 1. The Morgan fingerprint density at radius 2 is 2.00 bits per heavy atom. The smallest absolute Gasteiger partial charge is 0.271 e. The number of amides is 1. The molecular weight excluding hydrogens is 306 g/mol. The molecule has 4 nitrogen and oxygen atoms in total. The zero-order chi connectivity index (χ0) is 16.1. The summed E-state index contributed by atoms with van der Waals surface area (Å²) in [6.07, 6.45) is 6.65. The van der Waals surface area contributed by atoms with Gasteiger partial charge in [-0.3, -0.25) is 4.79 Å². The van der Waals surface area contributed by atoms with Crippen molar-refractivity contribution in [2.45, 2.75) is 44.7 Å². The van der Waals surface area contributed by atoms with E-state index in [1.807, 2.05) is 0 Å². The SMILES string of the molecule is CN(c1ccc(CNC(=O)c2cscn2)cc1)C1CCCCC1. The van der Waals surface area contributed by atoms with Gasteiger partial charge >= 0.3 is 0 Å². The van der Waals surface area contributed by atoms with Crippen LogP contribution in [0.1, 0.15) is 48.2 Å².